The van der Waals surface area contributed by atoms with Gasteiger partial charge in [0, 0.05) is 20.1 Å². The number of carbonyl (C=O) groups excluding carboxylic acids is 1. The molecule has 0 aliphatic heterocycles. The Morgan fingerprint density at radius 1 is 1.16 bits per heavy atom. The van der Waals surface area contributed by atoms with Crippen LogP contribution in [0, 0.1) is 0 Å². The van der Waals surface area contributed by atoms with Gasteiger partial charge in [-0.25, -0.2) is 0 Å². The fourth-order valence-corrected chi connectivity index (χ4v) is 2.30. The minimum absolute atomic E-state index is 0. The van der Waals surface area contributed by atoms with Crippen molar-refractivity contribution in [3.8, 4) is 11.5 Å². The molecule has 0 aliphatic carbocycles. The van der Waals surface area contributed by atoms with Gasteiger partial charge in [-0.1, -0.05) is 6.07 Å². The number of hydrogen-bond acceptors (Lipinski definition) is 5. The maximum atomic E-state index is 12.5. The lowest BCUT2D eigenvalue weighted by atomic mass is 10.1. The van der Waals surface area contributed by atoms with E-state index in [9.17, 15) is 9.59 Å². The van der Waals surface area contributed by atoms with Crippen LogP contribution in [-0.4, -0.2) is 67.7 Å². The Morgan fingerprint density at radius 3 is 2.28 bits per heavy atom. The first-order valence-corrected chi connectivity index (χ1v) is 7.68. The predicted molar refractivity (Wildman–Crippen MR) is 97.6 cm³/mol. The number of carboxylic acid groups (broad SMARTS) is 1. The Balaban J connectivity index is 0.00000576. The summed E-state index contributed by atoms with van der Waals surface area (Å²) in [6.07, 6.45) is 0.00745. The van der Waals surface area contributed by atoms with E-state index in [0.29, 0.717) is 24.6 Å². The fourth-order valence-electron chi connectivity index (χ4n) is 2.30. The molecule has 0 bridgehead atoms. The van der Waals surface area contributed by atoms with Crippen molar-refractivity contribution < 1.29 is 24.2 Å². The van der Waals surface area contributed by atoms with Crippen molar-refractivity contribution in [1.82, 2.24) is 9.80 Å². The van der Waals surface area contributed by atoms with Gasteiger partial charge in [-0.15, -0.1) is 12.4 Å². The Morgan fingerprint density at radius 2 is 1.76 bits per heavy atom. The molecule has 1 atom stereocenters. The van der Waals surface area contributed by atoms with Crippen LogP contribution in [0.5, 0.6) is 11.5 Å². The Bertz CT molecular complexity index is 582. The highest BCUT2D eigenvalue weighted by Gasteiger charge is 2.22. The van der Waals surface area contributed by atoms with E-state index in [4.69, 9.17) is 14.6 Å². The third-order valence-corrected chi connectivity index (χ3v) is 3.94. The van der Waals surface area contributed by atoms with E-state index < -0.39 is 12.0 Å². The maximum absolute atomic E-state index is 12.5. The van der Waals surface area contributed by atoms with Gasteiger partial charge in [0.15, 0.2) is 11.5 Å². The summed E-state index contributed by atoms with van der Waals surface area (Å²) in [6, 6.07) is 5.12. The molecule has 25 heavy (non-hydrogen) atoms. The zero-order valence-corrected chi connectivity index (χ0v) is 16.1. The molecule has 1 rings (SSSR count). The van der Waals surface area contributed by atoms with Gasteiger partial charge in [0.25, 0.3) is 0 Å². The number of hydrogen-bond donors (Lipinski definition) is 1. The van der Waals surface area contributed by atoms with E-state index in [2.05, 4.69) is 0 Å². The smallest absolute Gasteiger partial charge is 0.304 e. The molecule has 7 nitrogen and oxygen atoms in total. The van der Waals surface area contributed by atoms with Gasteiger partial charge in [-0.05, 0) is 31.7 Å². The number of rotatable bonds is 9. The van der Waals surface area contributed by atoms with Crippen LogP contribution in [0.4, 0.5) is 0 Å². The Hall–Kier alpha value is -1.99. The quantitative estimate of drug-likeness (QED) is 0.711. The summed E-state index contributed by atoms with van der Waals surface area (Å²) in [4.78, 5) is 26.5. The highest BCUT2D eigenvalue weighted by molar-refractivity contribution is 5.85. The lowest BCUT2D eigenvalue weighted by Crippen LogP contribution is -2.44. The van der Waals surface area contributed by atoms with Gasteiger partial charge in [0.05, 0.1) is 26.7 Å². The molecule has 0 spiro atoms. The third-order valence-electron chi connectivity index (χ3n) is 3.94. The lowest BCUT2D eigenvalue weighted by Gasteiger charge is -2.28. The van der Waals surface area contributed by atoms with Crippen LogP contribution >= 0.6 is 12.4 Å². The molecular formula is C17H27ClN2O5. The van der Waals surface area contributed by atoms with E-state index >= 15 is 0 Å². The number of amides is 1. The van der Waals surface area contributed by atoms with Gasteiger partial charge in [0.1, 0.15) is 0 Å². The monoisotopic (exact) mass is 374 g/mol. The van der Waals surface area contributed by atoms with Crippen molar-refractivity contribution in [3.05, 3.63) is 23.8 Å². The maximum Gasteiger partial charge on any atom is 0.304 e. The van der Waals surface area contributed by atoms with Gasteiger partial charge in [-0.2, -0.15) is 0 Å². The summed E-state index contributed by atoms with van der Waals surface area (Å²) in [5.74, 6) is 0.303. The minimum Gasteiger partial charge on any atom is -0.493 e. The van der Waals surface area contributed by atoms with Crippen LogP contribution in [0.2, 0.25) is 0 Å². The number of carboxylic acids is 1. The summed E-state index contributed by atoms with van der Waals surface area (Å²) < 4.78 is 10.5. The zero-order chi connectivity index (χ0) is 18.3. The van der Waals surface area contributed by atoms with E-state index in [0.717, 1.165) is 5.56 Å². The highest BCUT2D eigenvalue weighted by atomic mass is 35.5. The van der Waals surface area contributed by atoms with E-state index in [1.165, 1.54) is 0 Å². The largest absolute Gasteiger partial charge is 0.493 e. The first-order valence-electron chi connectivity index (χ1n) is 7.68. The van der Waals surface area contributed by atoms with E-state index in [-0.39, 0.29) is 24.7 Å². The molecule has 0 aliphatic rings. The van der Waals surface area contributed by atoms with Crippen molar-refractivity contribution >= 4 is 24.3 Å². The Labute approximate surface area is 154 Å². The standard InChI is InChI=1S/C17H26N2O5.ClH/c1-12(18(2)9-8-16(20)21)17(22)19(3)11-13-6-7-14(23-4)15(10-13)24-5;/h6-7,10,12H,8-9,11H2,1-5H3,(H,20,21);1H. The summed E-state index contributed by atoms with van der Waals surface area (Å²) in [5.41, 5.74) is 0.920. The number of halogens is 1. The molecule has 0 heterocycles. The molecule has 0 radical (unpaired) electrons. The number of benzene rings is 1. The number of aliphatic carboxylic acids is 1. The van der Waals surface area contributed by atoms with Gasteiger partial charge in [0.2, 0.25) is 5.91 Å². The van der Waals surface area contributed by atoms with Crippen molar-refractivity contribution in [3.63, 3.8) is 0 Å². The van der Waals surface area contributed by atoms with Crippen LogP contribution in [0.1, 0.15) is 18.9 Å². The Kier molecular flexibility index (Phi) is 9.93. The van der Waals surface area contributed by atoms with Crippen molar-refractivity contribution in [2.24, 2.45) is 0 Å². The van der Waals surface area contributed by atoms with E-state index in [1.54, 1.807) is 51.1 Å². The van der Waals surface area contributed by atoms with Crippen molar-refractivity contribution in [1.29, 1.82) is 0 Å². The number of methoxy groups -OCH3 is 2. The topological polar surface area (TPSA) is 79.3 Å². The van der Waals surface area contributed by atoms with Gasteiger partial charge in [-0.3, -0.25) is 14.5 Å². The molecule has 0 aromatic heterocycles. The van der Waals surface area contributed by atoms with Crippen molar-refractivity contribution in [2.75, 3.05) is 34.9 Å². The molecule has 0 saturated heterocycles. The molecule has 1 aromatic rings. The molecule has 0 fully saturated rings. The molecular weight excluding hydrogens is 348 g/mol. The lowest BCUT2D eigenvalue weighted by molar-refractivity contribution is -0.139. The van der Waals surface area contributed by atoms with Crippen LogP contribution in [0.25, 0.3) is 0 Å². The van der Waals surface area contributed by atoms with Gasteiger partial charge < -0.3 is 19.5 Å². The van der Waals surface area contributed by atoms with Crippen LogP contribution in [-0.2, 0) is 16.1 Å². The molecule has 1 amide bonds. The fraction of sp³-hybridized carbons (Fsp3) is 0.529. The summed E-state index contributed by atoms with van der Waals surface area (Å²) >= 11 is 0. The molecule has 8 heteroatoms. The van der Waals surface area contributed by atoms with Crippen LogP contribution < -0.4 is 9.47 Å². The normalized spacial score (nSPS) is 11.4. The second kappa shape index (κ2) is 10.8. The average molecular weight is 375 g/mol. The van der Waals surface area contributed by atoms with Crippen molar-refractivity contribution in [2.45, 2.75) is 25.9 Å². The molecule has 142 valence electrons. The van der Waals surface area contributed by atoms with Crippen LogP contribution in [0.15, 0.2) is 18.2 Å². The predicted octanol–water partition coefficient (Wildman–Crippen LogP) is 1.88. The number of nitrogens with zero attached hydrogens (tertiary/aromatic N) is 2. The minimum atomic E-state index is -0.875. The second-order valence-corrected chi connectivity index (χ2v) is 5.68. The molecule has 0 saturated carbocycles. The second-order valence-electron chi connectivity index (χ2n) is 5.68. The molecule has 1 unspecified atom stereocenters. The van der Waals surface area contributed by atoms with E-state index in [1.807, 2.05) is 12.1 Å². The average Bonchev–Trinajstić information content (AvgIpc) is 2.57. The summed E-state index contributed by atoms with van der Waals surface area (Å²) in [5, 5.41) is 8.73. The molecule has 1 N–H and O–H groups in total. The number of likely N-dealkylation sites (N-methyl/N-ethyl adjacent to an activating group) is 2. The number of ether oxygens (including phenoxy) is 2. The SMILES string of the molecule is COc1ccc(CN(C)C(=O)C(C)N(C)CCC(=O)O)cc1OC.Cl. The molecule has 1 aromatic carbocycles. The van der Waals surface area contributed by atoms with Crippen LogP contribution in [0.3, 0.4) is 0 Å². The first kappa shape index (κ1) is 23.0. The first-order chi connectivity index (χ1) is 11.3. The summed E-state index contributed by atoms with van der Waals surface area (Å²) in [7, 11) is 6.61. The third kappa shape index (κ3) is 6.80. The summed E-state index contributed by atoms with van der Waals surface area (Å²) in [6.45, 7) is 2.53. The van der Waals surface area contributed by atoms with Gasteiger partial charge >= 0.3 is 5.97 Å². The number of carbonyl (C=O) groups is 2. The highest BCUT2D eigenvalue weighted by Crippen LogP contribution is 2.28. The zero-order valence-electron chi connectivity index (χ0n) is 15.3.